The van der Waals surface area contributed by atoms with Gasteiger partial charge in [0, 0.05) is 5.41 Å². The fourth-order valence-electron chi connectivity index (χ4n) is 3.55. The van der Waals surface area contributed by atoms with Gasteiger partial charge >= 0.3 is 8.60 Å². The lowest BCUT2D eigenvalue weighted by molar-refractivity contribution is -0.0311. The molecule has 2 unspecified atom stereocenters. The van der Waals surface area contributed by atoms with Crippen LogP contribution in [0, 0.1) is 5.41 Å². The van der Waals surface area contributed by atoms with E-state index in [0.29, 0.717) is 0 Å². The molecule has 0 bridgehead atoms. The van der Waals surface area contributed by atoms with E-state index in [1.807, 2.05) is 0 Å². The molecule has 0 radical (unpaired) electrons. The summed E-state index contributed by atoms with van der Waals surface area (Å²) in [7, 11) is -2.62. The molecule has 0 spiro atoms. The maximum Gasteiger partial charge on any atom is 0.324 e. The van der Waals surface area contributed by atoms with Crippen molar-refractivity contribution in [2.24, 2.45) is 5.41 Å². The molecule has 1 aromatic rings. The molecule has 0 saturated carbocycles. The van der Waals surface area contributed by atoms with Gasteiger partial charge in [-0.05, 0) is 40.4 Å². The van der Waals surface area contributed by atoms with E-state index in [4.69, 9.17) is 14.7 Å². The van der Waals surface area contributed by atoms with Crippen molar-refractivity contribution >= 4 is 8.60 Å². The molecule has 6 heteroatoms. The summed E-state index contributed by atoms with van der Waals surface area (Å²) >= 11 is 0. The third kappa shape index (κ3) is 8.61. The number of benzene rings is 1. The summed E-state index contributed by atoms with van der Waals surface area (Å²) in [5, 5.41) is 21.5. The van der Waals surface area contributed by atoms with Crippen LogP contribution < -0.4 is 0 Å². The Morgan fingerprint density at radius 1 is 0.931 bits per heavy atom. The Morgan fingerprint density at radius 3 is 1.79 bits per heavy atom. The van der Waals surface area contributed by atoms with Crippen LogP contribution in [0.25, 0.3) is 0 Å². The third-order valence-electron chi connectivity index (χ3n) is 5.65. The molecule has 0 saturated heterocycles. The van der Waals surface area contributed by atoms with Crippen LogP contribution in [0.4, 0.5) is 0 Å². The standard InChI is InChI=1S/C23H40O2.H3O3P/c1-9-11-14-23(10-2,16-24)20(25)18-13-12-17(21(3,4)5)15-19(18)22(6,7)8;1-4(2)3/h12-13,15,20,24-25H,9-11,14,16H2,1-8H3;1-3H. The summed E-state index contributed by atoms with van der Waals surface area (Å²) in [5.74, 6) is 0. The Bertz CT molecular complexity index is 596. The lowest BCUT2D eigenvalue weighted by Crippen LogP contribution is -2.34. The molecule has 29 heavy (non-hydrogen) atoms. The van der Waals surface area contributed by atoms with Gasteiger partial charge in [0.1, 0.15) is 0 Å². The number of aliphatic hydroxyl groups excluding tert-OH is 2. The van der Waals surface area contributed by atoms with Crippen molar-refractivity contribution in [2.45, 2.75) is 98.0 Å². The summed E-state index contributed by atoms with van der Waals surface area (Å²) in [5.41, 5.74) is 3.01. The number of hydrogen-bond acceptors (Lipinski definition) is 5. The largest absolute Gasteiger partial charge is 0.396 e. The highest BCUT2D eigenvalue weighted by Crippen LogP contribution is 2.45. The average molecular weight is 431 g/mol. The van der Waals surface area contributed by atoms with Crippen LogP contribution in [0.15, 0.2) is 18.2 Å². The molecule has 1 aromatic carbocycles. The van der Waals surface area contributed by atoms with Gasteiger partial charge in [0.2, 0.25) is 0 Å². The van der Waals surface area contributed by atoms with Crippen LogP contribution in [0.1, 0.15) is 104 Å². The molecule has 0 amide bonds. The van der Waals surface area contributed by atoms with E-state index in [0.717, 1.165) is 31.2 Å². The Kier molecular flexibility index (Phi) is 11.5. The molecule has 2 atom stereocenters. The van der Waals surface area contributed by atoms with Crippen molar-refractivity contribution in [1.82, 2.24) is 0 Å². The molecule has 0 fully saturated rings. The second kappa shape index (κ2) is 11.7. The summed E-state index contributed by atoms with van der Waals surface area (Å²) in [6, 6.07) is 6.50. The number of unbranched alkanes of at least 4 members (excludes halogenated alkanes) is 1. The van der Waals surface area contributed by atoms with Gasteiger partial charge in [-0.1, -0.05) is 86.4 Å². The summed E-state index contributed by atoms with van der Waals surface area (Å²) in [4.78, 5) is 21.7. The molecular formula is C23H43O5P. The van der Waals surface area contributed by atoms with E-state index in [9.17, 15) is 10.2 Å². The molecule has 5 nitrogen and oxygen atoms in total. The Labute approximate surface area is 178 Å². The van der Waals surface area contributed by atoms with E-state index in [2.05, 4.69) is 73.6 Å². The normalized spacial score (nSPS) is 15.5. The van der Waals surface area contributed by atoms with Gasteiger partial charge in [-0.25, -0.2) is 0 Å². The molecule has 170 valence electrons. The van der Waals surface area contributed by atoms with Crippen LogP contribution in [-0.4, -0.2) is 31.5 Å². The van der Waals surface area contributed by atoms with E-state index < -0.39 is 20.1 Å². The first-order chi connectivity index (χ1) is 13.2. The fourth-order valence-corrected chi connectivity index (χ4v) is 3.55. The lowest BCUT2D eigenvalue weighted by atomic mass is 9.69. The Balaban J connectivity index is 0.00000178. The van der Waals surface area contributed by atoms with Crippen LogP contribution >= 0.6 is 8.60 Å². The van der Waals surface area contributed by atoms with Gasteiger partial charge in [-0.3, -0.25) is 0 Å². The highest BCUT2D eigenvalue weighted by Gasteiger charge is 2.38. The first kappa shape index (κ1) is 28.5. The number of aliphatic hydroxyl groups is 2. The molecule has 0 aromatic heterocycles. The van der Waals surface area contributed by atoms with Gasteiger partial charge in [0.05, 0.1) is 12.7 Å². The zero-order valence-corrected chi connectivity index (χ0v) is 20.4. The maximum atomic E-state index is 11.3. The predicted octanol–water partition coefficient (Wildman–Crippen LogP) is 5.08. The van der Waals surface area contributed by atoms with E-state index in [1.54, 1.807) is 0 Å². The Hall–Kier alpha value is -0.550. The zero-order chi connectivity index (χ0) is 23.0. The summed E-state index contributed by atoms with van der Waals surface area (Å²) in [6.45, 7) is 17.5. The van der Waals surface area contributed by atoms with E-state index in [1.165, 1.54) is 11.1 Å². The van der Waals surface area contributed by atoms with Crippen molar-refractivity contribution in [1.29, 1.82) is 0 Å². The maximum absolute atomic E-state index is 11.3. The summed E-state index contributed by atoms with van der Waals surface area (Å²) in [6.07, 6.45) is 3.08. The minimum atomic E-state index is -2.62. The minimum Gasteiger partial charge on any atom is -0.396 e. The van der Waals surface area contributed by atoms with Crippen molar-refractivity contribution in [3.8, 4) is 0 Å². The molecule has 5 N–H and O–H groups in total. The highest BCUT2D eigenvalue weighted by molar-refractivity contribution is 7.38. The van der Waals surface area contributed by atoms with Gasteiger partial charge < -0.3 is 24.9 Å². The Morgan fingerprint density at radius 2 is 1.45 bits per heavy atom. The fraction of sp³-hybridized carbons (Fsp3) is 0.739. The van der Waals surface area contributed by atoms with Gasteiger partial charge in [-0.2, -0.15) is 0 Å². The van der Waals surface area contributed by atoms with Crippen molar-refractivity contribution in [2.75, 3.05) is 6.61 Å². The van der Waals surface area contributed by atoms with E-state index in [-0.39, 0.29) is 17.4 Å². The topological polar surface area (TPSA) is 101 Å². The van der Waals surface area contributed by atoms with Gasteiger partial charge in [0.15, 0.2) is 0 Å². The smallest absolute Gasteiger partial charge is 0.324 e. The quantitative estimate of drug-likeness (QED) is 0.388. The van der Waals surface area contributed by atoms with Crippen LogP contribution in [0.2, 0.25) is 0 Å². The van der Waals surface area contributed by atoms with Crippen LogP contribution in [0.3, 0.4) is 0 Å². The molecule has 0 heterocycles. The number of rotatable bonds is 7. The van der Waals surface area contributed by atoms with E-state index >= 15 is 0 Å². The molecule has 0 aliphatic carbocycles. The molecular weight excluding hydrogens is 387 g/mol. The average Bonchev–Trinajstić information content (AvgIpc) is 2.60. The third-order valence-corrected chi connectivity index (χ3v) is 5.65. The van der Waals surface area contributed by atoms with Crippen LogP contribution in [-0.2, 0) is 10.8 Å². The molecule has 1 rings (SSSR count). The van der Waals surface area contributed by atoms with Crippen molar-refractivity contribution in [3.05, 3.63) is 34.9 Å². The monoisotopic (exact) mass is 430 g/mol. The second-order valence-corrected chi connectivity index (χ2v) is 10.5. The summed E-state index contributed by atoms with van der Waals surface area (Å²) < 4.78 is 0. The first-order valence-corrected chi connectivity index (χ1v) is 11.7. The van der Waals surface area contributed by atoms with Crippen molar-refractivity contribution in [3.63, 3.8) is 0 Å². The molecule has 0 aliphatic rings. The highest BCUT2D eigenvalue weighted by atomic mass is 31.2. The van der Waals surface area contributed by atoms with Crippen LogP contribution in [0.5, 0.6) is 0 Å². The van der Waals surface area contributed by atoms with Gasteiger partial charge in [0.25, 0.3) is 0 Å². The lowest BCUT2D eigenvalue weighted by Gasteiger charge is -2.39. The first-order valence-electron chi connectivity index (χ1n) is 10.5. The second-order valence-electron chi connectivity index (χ2n) is 9.95. The minimum absolute atomic E-state index is 0.0231. The van der Waals surface area contributed by atoms with Gasteiger partial charge in [-0.15, -0.1) is 0 Å². The molecule has 0 aliphatic heterocycles. The van der Waals surface area contributed by atoms with Crippen molar-refractivity contribution < 1.29 is 24.9 Å². The predicted molar refractivity (Wildman–Crippen MR) is 122 cm³/mol. The zero-order valence-electron chi connectivity index (χ0n) is 19.5. The number of hydrogen-bond donors (Lipinski definition) is 5. The SMILES string of the molecule is CCCCC(CC)(CO)C(O)c1ccc(C(C)(C)C)cc1C(C)(C)C.OP(O)O.